The first-order valence-electron chi connectivity index (χ1n) is 8.91. The lowest BCUT2D eigenvalue weighted by Gasteiger charge is -2.34. The molecule has 2 saturated heterocycles. The second-order valence-corrected chi connectivity index (χ2v) is 6.71. The molecule has 0 spiro atoms. The Labute approximate surface area is 143 Å². The third-order valence-corrected chi connectivity index (χ3v) is 5.45. The van der Waals surface area contributed by atoms with E-state index < -0.39 is 0 Å². The Morgan fingerprint density at radius 1 is 1.17 bits per heavy atom. The van der Waals surface area contributed by atoms with Crippen LogP contribution in [-0.4, -0.2) is 64.7 Å². The molecule has 2 aliphatic rings. The molecule has 0 saturated carbocycles. The van der Waals surface area contributed by atoms with E-state index in [0.717, 1.165) is 45.4 Å². The molecule has 132 valence electrons. The van der Waals surface area contributed by atoms with Gasteiger partial charge in [-0.05, 0) is 44.1 Å². The van der Waals surface area contributed by atoms with Crippen LogP contribution in [0.15, 0.2) is 12.3 Å². The predicted octanol–water partition coefficient (Wildman–Crippen LogP) is 1.42. The minimum Gasteiger partial charge on any atom is -0.341 e. The van der Waals surface area contributed by atoms with E-state index in [0.29, 0.717) is 24.1 Å². The third kappa shape index (κ3) is 3.25. The molecule has 1 aromatic heterocycles. The highest BCUT2D eigenvalue weighted by Gasteiger charge is 2.35. The zero-order chi connectivity index (χ0) is 17.1. The van der Waals surface area contributed by atoms with Gasteiger partial charge in [-0.15, -0.1) is 0 Å². The number of urea groups is 1. The second kappa shape index (κ2) is 7.23. The summed E-state index contributed by atoms with van der Waals surface area (Å²) in [5, 5.41) is 6.89. The average Bonchev–Trinajstić information content (AvgIpc) is 3.29. The summed E-state index contributed by atoms with van der Waals surface area (Å²) >= 11 is 0. The van der Waals surface area contributed by atoms with Gasteiger partial charge in [-0.1, -0.05) is 0 Å². The van der Waals surface area contributed by atoms with Crippen LogP contribution < -0.4 is 5.32 Å². The Hall–Kier alpha value is -2.05. The number of nitrogens with one attached hydrogen (secondary N) is 1. The Balaban J connectivity index is 1.54. The zero-order valence-corrected chi connectivity index (χ0v) is 14.6. The lowest BCUT2D eigenvalue weighted by molar-refractivity contribution is 0.0764. The molecular formula is C17H27N5O2. The van der Waals surface area contributed by atoms with Crippen molar-refractivity contribution in [3.05, 3.63) is 18.0 Å². The topological polar surface area (TPSA) is 70.5 Å². The number of carbonyl (C=O) groups is 2. The number of hydrogen-bond donors (Lipinski definition) is 1. The van der Waals surface area contributed by atoms with E-state index in [-0.39, 0.29) is 11.9 Å². The van der Waals surface area contributed by atoms with Gasteiger partial charge in [0.15, 0.2) is 0 Å². The van der Waals surface area contributed by atoms with Crippen LogP contribution in [-0.2, 0) is 6.54 Å². The maximum Gasteiger partial charge on any atom is 0.317 e. The number of aryl methyl sites for hydroxylation is 1. The molecule has 0 aliphatic carbocycles. The van der Waals surface area contributed by atoms with Crippen LogP contribution in [0.3, 0.4) is 0 Å². The van der Waals surface area contributed by atoms with E-state index in [9.17, 15) is 9.59 Å². The lowest BCUT2D eigenvalue weighted by Crippen LogP contribution is -2.44. The van der Waals surface area contributed by atoms with Crippen molar-refractivity contribution in [3.63, 3.8) is 0 Å². The van der Waals surface area contributed by atoms with Crippen LogP contribution in [0.4, 0.5) is 4.79 Å². The van der Waals surface area contributed by atoms with Gasteiger partial charge < -0.3 is 15.1 Å². The molecule has 3 amide bonds. The molecule has 0 bridgehead atoms. The summed E-state index contributed by atoms with van der Waals surface area (Å²) in [7, 11) is 1.68. The van der Waals surface area contributed by atoms with E-state index in [4.69, 9.17) is 0 Å². The largest absolute Gasteiger partial charge is 0.341 e. The van der Waals surface area contributed by atoms with Crippen LogP contribution in [0, 0.1) is 11.8 Å². The summed E-state index contributed by atoms with van der Waals surface area (Å²) in [6.07, 6.45) is 4.83. The molecule has 0 aromatic carbocycles. The van der Waals surface area contributed by atoms with Crippen LogP contribution in [0.2, 0.25) is 0 Å². The number of amides is 3. The summed E-state index contributed by atoms with van der Waals surface area (Å²) in [5.41, 5.74) is 0.688. The van der Waals surface area contributed by atoms with Gasteiger partial charge in [0, 0.05) is 46.0 Å². The minimum atomic E-state index is 0.0181. The summed E-state index contributed by atoms with van der Waals surface area (Å²) in [4.78, 5) is 28.2. The molecule has 1 atom stereocenters. The van der Waals surface area contributed by atoms with Crippen LogP contribution in [0.1, 0.15) is 36.7 Å². The second-order valence-electron chi connectivity index (χ2n) is 6.71. The number of hydrogen-bond acceptors (Lipinski definition) is 3. The predicted molar refractivity (Wildman–Crippen MR) is 90.7 cm³/mol. The van der Waals surface area contributed by atoms with Crippen molar-refractivity contribution in [2.24, 2.45) is 11.8 Å². The fraction of sp³-hybridized carbons (Fsp3) is 0.706. The van der Waals surface area contributed by atoms with E-state index in [2.05, 4.69) is 10.4 Å². The summed E-state index contributed by atoms with van der Waals surface area (Å²) in [6.45, 7) is 6.00. The van der Waals surface area contributed by atoms with Gasteiger partial charge in [0.05, 0.1) is 0 Å². The normalized spacial score (nSPS) is 22.0. The third-order valence-electron chi connectivity index (χ3n) is 5.45. The maximum absolute atomic E-state index is 12.7. The highest BCUT2D eigenvalue weighted by atomic mass is 16.2. The van der Waals surface area contributed by atoms with Crippen molar-refractivity contribution >= 4 is 11.9 Å². The van der Waals surface area contributed by atoms with Gasteiger partial charge in [-0.2, -0.15) is 5.10 Å². The minimum absolute atomic E-state index is 0.0181. The average molecular weight is 333 g/mol. The fourth-order valence-corrected chi connectivity index (χ4v) is 4.02. The SMILES string of the molecule is CCn1nccc1C(=O)N1CCC(C2CCN(C(=O)NC)CC2)C1. The standard InChI is InChI=1S/C17H27N5O2/c1-3-22-15(4-8-19-22)16(23)21-11-7-14(12-21)13-5-9-20(10-6-13)17(24)18-2/h4,8,13-14H,3,5-7,9-12H2,1-2H3,(H,18,24). The molecule has 7 heteroatoms. The van der Waals surface area contributed by atoms with Crippen LogP contribution in [0.5, 0.6) is 0 Å². The smallest absolute Gasteiger partial charge is 0.317 e. The lowest BCUT2D eigenvalue weighted by atomic mass is 9.84. The van der Waals surface area contributed by atoms with E-state index in [1.807, 2.05) is 16.7 Å². The molecular weight excluding hydrogens is 306 g/mol. The van der Waals surface area contributed by atoms with E-state index in [1.54, 1.807) is 24.0 Å². The molecule has 3 heterocycles. The fourth-order valence-electron chi connectivity index (χ4n) is 4.02. The number of aromatic nitrogens is 2. The molecule has 1 aromatic rings. The van der Waals surface area contributed by atoms with Crippen molar-refractivity contribution in [1.29, 1.82) is 0 Å². The van der Waals surface area contributed by atoms with Gasteiger partial charge in [0.2, 0.25) is 0 Å². The first kappa shape index (κ1) is 16.8. The molecule has 2 aliphatic heterocycles. The number of carbonyl (C=O) groups excluding carboxylic acids is 2. The zero-order valence-electron chi connectivity index (χ0n) is 14.6. The van der Waals surface area contributed by atoms with Gasteiger partial charge in [0.25, 0.3) is 5.91 Å². The van der Waals surface area contributed by atoms with Gasteiger partial charge in [-0.25, -0.2) is 4.79 Å². The Morgan fingerprint density at radius 2 is 1.83 bits per heavy atom. The quantitative estimate of drug-likeness (QED) is 0.909. The summed E-state index contributed by atoms with van der Waals surface area (Å²) in [6, 6.07) is 1.82. The highest BCUT2D eigenvalue weighted by Crippen LogP contribution is 2.32. The number of likely N-dealkylation sites (tertiary alicyclic amines) is 2. The van der Waals surface area contributed by atoms with E-state index in [1.165, 1.54) is 0 Å². The highest BCUT2D eigenvalue weighted by molar-refractivity contribution is 5.92. The van der Waals surface area contributed by atoms with Crippen molar-refractivity contribution in [2.75, 3.05) is 33.2 Å². The first-order valence-corrected chi connectivity index (χ1v) is 8.91. The summed E-state index contributed by atoms with van der Waals surface area (Å²) in [5.74, 6) is 1.26. The van der Waals surface area contributed by atoms with E-state index >= 15 is 0 Å². The molecule has 3 rings (SSSR count). The summed E-state index contributed by atoms with van der Waals surface area (Å²) < 4.78 is 1.76. The number of rotatable bonds is 3. The molecule has 1 unspecified atom stereocenters. The first-order chi connectivity index (χ1) is 11.6. The molecule has 24 heavy (non-hydrogen) atoms. The maximum atomic E-state index is 12.7. The number of nitrogens with zero attached hydrogens (tertiary/aromatic N) is 4. The van der Waals surface area contributed by atoms with Crippen LogP contribution >= 0.6 is 0 Å². The number of piperidine rings is 1. The van der Waals surface area contributed by atoms with Crippen molar-refractivity contribution in [2.45, 2.75) is 32.7 Å². The van der Waals surface area contributed by atoms with Gasteiger partial charge in [0.1, 0.15) is 5.69 Å². The Kier molecular flexibility index (Phi) is 5.06. The molecule has 2 fully saturated rings. The van der Waals surface area contributed by atoms with Gasteiger partial charge in [-0.3, -0.25) is 9.48 Å². The molecule has 1 N–H and O–H groups in total. The van der Waals surface area contributed by atoms with Crippen LogP contribution in [0.25, 0.3) is 0 Å². The van der Waals surface area contributed by atoms with Crippen molar-refractivity contribution < 1.29 is 9.59 Å². The van der Waals surface area contributed by atoms with Crippen molar-refractivity contribution in [3.8, 4) is 0 Å². The Morgan fingerprint density at radius 3 is 2.50 bits per heavy atom. The molecule has 7 nitrogen and oxygen atoms in total. The monoisotopic (exact) mass is 333 g/mol. The molecule has 0 radical (unpaired) electrons. The van der Waals surface area contributed by atoms with Gasteiger partial charge >= 0.3 is 6.03 Å². The Bertz CT molecular complexity index is 592. The van der Waals surface area contributed by atoms with Crippen molar-refractivity contribution in [1.82, 2.24) is 24.9 Å².